The van der Waals surface area contributed by atoms with Crippen LogP contribution in [0.15, 0.2) is 24.4 Å². The molecule has 6 heteroatoms. The van der Waals surface area contributed by atoms with Crippen LogP contribution < -0.4 is 10.1 Å². The Hall–Kier alpha value is -1.23. The SMILES string of the molecule is CNCc1cc(Cl)cc(Cl)c1OCCc1ccnn1C. The summed E-state index contributed by atoms with van der Waals surface area (Å²) in [4.78, 5) is 0. The van der Waals surface area contributed by atoms with Crippen LogP contribution in [0.25, 0.3) is 0 Å². The van der Waals surface area contributed by atoms with Crippen molar-refractivity contribution in [2.45, 2.75) is 13.0 Å². The average molecular weight is 314 g/mol. The highest BCUT2D eigenvalue weighted by Crippen LogP contribution is 2.32. The highest BCUT2D eigenvalue weighted by molar-refractivity contribution is 6.35. The van der Waals surface area contributed by atoms with Crippen LogP contribution in [-0.2, 0) is 20.0 Å². The molecule has 0 aliphatic rings. The van der Waals surface area contributed by atoms with Crippen LogP contribution in [0.4, 0.5) is 0 Å². The topological polar surface area (TPSA) is 39.1 Å². The van der Waals surface area contributed by atoms with Crippen LogP contribution >= 0.6 is 23.2 Å². The van der Waals surface area contributed by atoms with E-state index in [1.54, 1.807) is 12.3 Å². The number of nitrogens with zero attached hydrogens (tertiary/aromatic N) is 2. The van der Waals surface area contributed by atoms with Gasteiger partial charge in [0.2, 0.25) is 0 Å². The Morgan fingerprint density at radius 1 is 1.35 bits per heavy atom. The lowest BCUT2D eigenvalue weighted by atomic mass is 10.2. The molecule has 0 aliphatic heterocycles. The number of rotatable bonds is 6. The van der Waals surface area contributed by atoms with Gasteiger partial charge in [-0.3, -0.25) is 4.68 Å². The maximum Gasteiger partial charge on any atom is 0.142 e. The fourth-order valence-corrected chi connectivity index (χ4v) is 2.59. The van der Waals surface area contributed by atoms with Crippen LogP contribution in [0.5, 0.6) is 5.75 Å². The average Bonchev–Trinajstić information content (AvgIpc) is 2.78. The minimum Gasteiger partial charge on any atom is -0.491 e. The fraction of sp³-hybridized carbons (Fsp3) is 0.357. The molecule has 2 rings (SSSR count). The van der Waals surface area contributed by atoms with Crippen molar-refractivity contribution in [3.05, 3.63) is 45.7 Å². The van der Waals surface area contributed by atoms with Gasteiger partial charge in [0, 0.05) is 42.5 Å². The first-order valence-corrected chi connectivity index (χ1v) is 7.09. The Labute approximate surface area is 128 Å². The van der Waals surface area contributed by atoms with Gasteiger partial charge >= 0.3 is 0 Å². The third kappa shape index (κ3) is 3.66. The molecular weight excluding hydrogens is 297 g/mol. The molecule has 0 amide bonds. The molecule has 0 spiro atoms. The lowest BCUT2D eigenvalue weighted by Gasteiger charge is -2.13. The van der Waals surface area contributed by atoms with E-state index >= 15 is 0 Å². The summed E-state index contributed by atoms with van der Waals surface area (Å²) in [6, 6.07) is 5.53. The van der Waals surface area contributed by atoms with Crippen LogP contribution in [0.1, 0.15) is 11.3 Å². The molecular formula is C14H17Cl2N3O. The molecule has 2 aromatic rings. The van der Waals surface area contributed by atoms with E-state index in [2.05, 4.69) is 10.4 Å². The van der Waals surface area contributed by atoms with E-state index in [1.807, 2.05) is 30.9 Å². The summed E-state index contributed by atoms with van der Waals surface area (Å²) < 4.78 is 7.67. The van der Waals surface area contributed by atoms with Crippen molar-refractivity contribution in [3.8, 4) is 5.75 Å². The minimum absolute atomic E-state index is 0.535. The highest BCUT2D eigenvalue weighted by Gasteiger charge is 2.10. The largest absolute Gasteiger partial charge is 0.491 e. The first-order chi connectivity index (χ1) is 9.61. The van der Waals surface area contributed by atoms with E-state index in [-0.39, 0.29) is 0 Å². The van der Waals surface area contributed by atoms with Crippen LogP contribution in [-0.4, -0.2) is 23.4 Å². The number of hydrogen-bond donors (Lipinski definition) is 1. The van der Waals surface area contributed by atoms with Crippen molar-refractivity contribution in [2.75, 3.05) is 13.7 Å². The first-order valence-electron chi connectivity index (χ1n) is 6.34. The maximum atomic E-state index is 6.21. The molecule has 1 aromatic heterocycles. The van der Waals surface area contributed by atoms with Gasteiger partial charge in [-0.25, -0.2) is 0 Å². The van der Waals surface area contributed by atoms with Gasteiger partial charge < -0.3 is 10.1 Å². The second-order valence-electron chi connectivity index (χ2n) is 4.45. The quantitative estimate of drug-likeness (QED) is 0.891. The van der Waals surface area contributed by atoms with E-state index in [1.165, 1.54) is 0 Å². The maximum absolute atomic E-state index is 6.21. The van der Waals surface area contributed by atoms with Crippen LogP contribution in [0.3, 0.4) is 0 Å². The van der Waals surface area contributed by atoms with E-state index in [0.29, 0.717) is 28.9 Å². The lowest BCUT2D eigenvalue weighted by Crippen LogP contribution is -2.10. The van der Waals surface area contributed by atoms with Gasteiger partial charge in [-0.1, -0.05) is 23.2 Å². The van der Waals surface area contributed by atoms with Gasteiger partial charge in [0.05, 0.1) is 11.6 Å². The molecule has 1 aromatic carbocycles. The van der Waals surface area contributed by atoms with Gasteiger partial charge in [0.25, 0.3) is 0 Å². The normalized spacial score (nSPS) is 10.8. The van der Waals surface area contributed by atoms with Crippen molar-refractivity contribution >= 4 is 23.2 Å². The van der Waals surface area contributed by atoms with Gasteiger partial charge in [0.1, 0.15) is 5.75 Å². The summed E-state index contributed by atoms with van der Waals surface area (Å²) in [6.07, 6.45) is 2.55. The van der Waals surface area contributed by atoms with E-state index < -0.39 is 0 Å². The van der Waals surface area contributed by atoms with Crippen molar-refractivity contribution in [1.29, 1.82) is 0 Å². The molecule has 0 aliphatic carbocycles. The van der Waals surface area contributed by atoms with Gasteiger partial charge in [-0.05, 0) is 25.2 Å². The van der Waals surface area contributed by atoms with Crippen molar-refractivity contribution in [1.82, 2.24) is 15.1 Å². The summed E-state index contributed by atoms with van der Waals surface area (Å²) in [5.41, 5.74) is 2.07. The number of aromatic nitrogens is 2. The third-order valence-corrected chi connectivity index (χ3v) is 3.48. The predicted octanol–water partition coefficient (Wildman–Crippen LogP) is 3.07. The number of benzene rings is 1. The Morgan fingerprint density at radius 2 is 2.15 bits per heavy atom. The van der Waals surface area contributed by atoms with E-state index in [9.17, 15) is 0 Å². The number of nitrogens with one attached hydrogen (secondary N) is 1. The lowest BCUT2D eigenvalue weighted by molar-refractivity contribution is 0.315. The number of halogens is 2. The number of aryl methyl sites for hydroxylation is 1. The van der Waals surface area contributed by atoms with E-state index in [0.717, 1.165) is 17.7 Å². The first kappa shape index (κ1) is 15.2. The Morgan fingerprint density at radius 3 is 2.80 bits per heavy atom. The molecule has 0 saturated carbocycles. The monoisotopic (exact) mass is 313 g/mol. The summed E-state index contributed by atoms with van der Waals surface area (Å²) in [7, 11) is 3.78. The number of ether oxygens (including phenoxy) is 1. The molecule has 0 saturated heterocycles. The van der Waals surface area contributed by atoms with Crippen molar-refractivity contribution < 1.29 is 4.74 Å². The molecule has 0 unspecified atom stereocenters. The van der Waals surface area contributed by atoms with E-state index in [4.69, 9.17) is 27.9 Å². The fourth-order valence-electron chi connectivity index (χ4n) is 2.00. The van der Waals surface area contributed by atoms with Crippen molar-refractivity contribution in [3.63, 3.8) is 0 Å². The second kappa shape index (κ2) is 6.97. The van der Waals surface area contributed by atoms with Gasteiger partial charge in [0.15, 0.2) is 0 Å². The molecule has 0 radical (unpaired) electrons. The Balaban J connectivity index is 2.06. The van der Waals surface area contributed by atoms with Crippen molar-refractivity contribution in [2.24, 2.45) is 7.05 Å². The zero-order valence-corrected chi connectivity index (χ0v) is 13.0. The molecule has 20 heavy (non-hydrogen) atoms. The molecule has 108 valence electrons. The molecule has 0 bridgehead atoms. The molecule has 4 nitrogen and oxygen atoms in total. The summed E-state index contributed by atoms with van der Waals surface area (Å²) in [6.45, 7) is 1.19. The van der Waals surface area contributed by atoms with Gasteiger partial charge in [-0.15, -0.1) is 0 Å². The Kier molecular flexibility index (Phi) is 5.29. The number of hydrogen-bond acceptors (Lipinski definition) is 3. The van der Waals surface area contributed by atoms with Crippen LogP contribution in [0, 0.1) is 0 Å². The predicted molar refractivity (Wildman–Crippen MR) is 81.6 cm³/mol. The Bertz CT molecular complexity index is 584. The molecule has 0 atom stereocenters. The molecule has 0 fully saturated rings. The highest BCUT2D eigenvalue weighted by atomic mass is 35.5. The summed E-state index contributed by atoms with van der Waals surface area (Å²) >= 11 is 12.2. The smallest absolute Gasteiger partial charge is 0.142 e. The zero-order chi connectivity index (χ0) is 14.5. The second-order valence-corrected chi connectivity index (χ2v) is 5.29. The van der Waals surface area contributed by atoms with Crippen LogP contribution in [0.2, 0.25) is 10.0 Å². The third-order valence-electron chi connectivity index (χ3n) is 2.98. The van der Waals surface area contributed by atoms with Gasteiger partial charge in [-0.2, -0.15) is 5.10 Å². The standard InChI is InChI=1S/C14H17Cl2N3O/c1-17-9-10-7-11(15)8-13(16)14(10)20-6-4-12-3-5-18-19(12)2/h3,5,7-8,17H,4,6,9H2,1-2H3. The summed E-state index contributed by atoms with van der Waals surface area (Å²) in [5, 5.41) is 8.35. The zero-order valence-electron chi connectivity index (χ0n) is 11.5. The summed E-state index contributed by atoms with van der Waals surface area (Å²) in [5.74, 6) is 0.688. The molecule has 1 N–H and O–H groups in total. The molecule has 1 heterocycles. The minimum atomic E-state index is 0.535.